The first-order valence-corrected chi connectivity index (χ1v) is 11.0. The molecule has 3 aromatic rings. The van der Waals surface area contributed by atoms with E-state index in [2.05, 4.69) is 4.90 Å². The Morgan fingerprint density at radius 3 is 2.69 bits per heavy atom. The molecular formula is C25H24N4O3. The Hall–Kier alpha value is -3.61. The summed E-state index contributed by atoms with van der Waals surface area (Å²) in [5, 5.41) is 6.45. The number of carbonyl (C=O) groups excluding carboxylic acids is 1. The quantitative estimate of drug-likeness (QED) is 0.634. The molecule has 0 bridgehead atoms. The van der Waals surface area contributed by atoms with Crippen molar-refractivity contribution >= 4 is 11.7 Å². The number of aromatic nitrogens is 1. The summed E-state index contributed by atoms with van der Waals surface area (Å²) in [6.07, 6.45) is 1.69. The molecule has 2 aromatic carbocycles. The summed E-state index contributed by atoms with van der Waals surface area (Å²) >= 11 is 0. The number of fused-ring (bicyclic) bond motifs is 2. The van der Waals surface area contributed by atoms with E-state index in [-0.39, 0.29) is 17.7 Å². The van der Waals surface area contributed by atoms with Crippen LogP contribution in [0, 0.1) is 11.8 Å². The van der Waals surface area contributed by atoms with Crippen LogP contribution in [-0.2, 0) is 24.3 Å². The molecule has 0 radical (unpaired) electrons. The van der Waals surface area contributed by atoms with Crippen molar-refractivity contribution in [2.45, 2.75) is 25.9 Å². The molecule has 2 atom stereocenters. The van der Waals surface area contributed by atoms with Gasteiger partial charge in [-0.15, -0.1) is 0 Å². The van der Waals surface area contributed by atoms with Crippen molar-refractivity contribution in [2.24, 2.45) is 16.9 Å². The molecule has 2 aliphatic heterocycles. The summed E-state index contributed by atoms with van der Waals surface area (Å²) < 4.78 is 11.4. The molecular weight excluding hydrogens is 404 g/mol. The number of benzene rings is 2. The van der Waals surface area contributed by atoms with Crippen LogP contribution in [0.15, 0.2) is 64.1 Å². The van der Waals surface area contributed by atoms with Crippen molar-refractivity contribution in [1.29, 1.82) is 0 Å². The fourth-order valence-corrected chi connectivity index (χ4v) is 4.60. The highest BCUT2D eigenvalue weighted by Gasteiger charge is 2.53. The number of amides is 1. The van der Waals surface area contributed by atoms with Crippen LogP contribution < -0.4 is 4.74 Å². The van der Waals surface area contributed by atoms with Crippen molar-refractivity contribution in [3.8, 4) is 17.2 Å². The number of methoxy groups -OCH3 is 1. The summed E-state index contributed by atoms with van der Waals surface area (Å²) in [6.45, 7) is 1.94. The zero-order valence-corrected chi connectivity index (χ0v) is 17.9. The highest BCUT2D eigenvalue weighted by atomic mass is 16.5. The number of nitrogens with zero attached hydrogens (tertiary/aromatic N) is 4. The molecule has 7 nitrogen and oxygen atoms in total. The van der Waals surface area contributed by atoms with Gasteiger partial charge in [-0.05, 0) is 36.2 Å². The van der Waals surface area contributed by atoms with Crippen LogP contribution in [-0.4, -0.2) is 40.3 Å². The highest BCUT2D eigenvalue weighted by Crippen LogP contribution is 2.46. The average Bonchev–Trinajstić information content (AvgIpc) is 3.53. The summed E-state index contributed by atoms with van der Waals surface area (Å²) in [5.74, 6) is 3.78. The second-order valence-electron chi connectivity index (χ2n) is 8.58. The zero-order chi connectivity index (χ0) is 21.7. The number of hydrogen-bond donors (Lipinski definition) is 0. The molecule has 1 aromatic heterocycles. The highest BCUT2D eigenvalue weighted by molar-refractivity contribution is 5.99. The largest absolute Gasteiger partial charge is 0.497 e. The van der Waals surface area contributed by atoms with Gasteiger partial charge in [0.05, 0.1) is 31.8 Å². The molecule has 1 amide bonds. The molecule has 6 rings (SSSR count). The van der Waals surface area contributed by atoms with Crippen LogP contribution in [0.1, 0.15) is 23.4 Å². The van der Waals surface area contributed by atoms with E-state index in [0.717, 1.165) is 53.6 Å². The molecule has 1 aliphatic carbocycles. The van der Waals surface area contributed by atoms with Gasteiger partial charge in [0.2, 0.25) is 11.8 Å². The van der Waals surface area contributed by atoms with E-state index in [1.807, 2.05) is 54.6 Å². The zero-order valence-electron chi connectivity index (χ0n) is 17.9. The smallest absolute Gasteiger partial charge is 0.246 e. The van der Waals surface area contributed by atoms with Crippen LogP contribution in [0.4, 0.5) is 0 Å². The number of amidine groups is 1. The maximum absolute atomic E-state index is 12.8. The molecule has 0 N–H and O–H groups in total. The van der Waals surface area contributed by atoms with Gasteiger partial charge in [0.25, 0.3) is 0 Å². The predicted molar refractivity (Wildman–Crippen MR) is 119 cm³/mol. The molecule has 7 heteroatoms. The lowest BCUT2D eigenvalue weighted by Gasteiger charge is -2.32. The van der Waals surface area contributed by atoms with E-state index in [1.54, 1.807) is 12.1 Å². The Bertz CT molecular complexity index is 1190. The number of rotatable bonds is 4. The molecule has 2 unspecified atom stereocenters. The van der Waals surface area contributed by atoms with Gasteiger partial charge in [0.15, 0.2) is 0 Å². The van der Waals surface area contributed by atoms with Crippen LogP contribution in [0.3, 0.4) is 0 Å². The first-order chi connectivity index (χ1) is 15.7. The van der Waals surface area contributed by atoms with Crippen LogP contribution in [0.25, 0.3) is 11.5 Å². The Kier molecular flexibility index (Phi) is 4.48. The van der Waals surface area contributed by atoms with Gasteiger partial charge in [0, 0.05) is 24.4 Å². The SMILES string of the molecule is COc1ccc(CN2N=C(N3CCc4nc(-c5ccccc5)oc4C3)C3CC3C2=O)cc1. The van der Waals surface area contributed by atoms with Gasteiger partial charge < -0.3 is 14.1 Å². The molecule has 3 aliphatic rings. The lowest BCUT2D eigenvalue weighted by molar-refractivity contribution is -0.134. The van der Waals surface area contributed by atoms with E-state index < -0.39 is 0 Å². The number of ether oxygens (including phenoxy) is 1. The number of hydrazone groups is 1. The van der Waals surface area contributed by atoms with E-state index in [0.29, 0.717) is 19.0 Å². The average molecular weight is 428 g/mol. The normalized spacial score (nSPS) is 21.7. The fourth-order valence-electron chi connectivity index (χ4n) is 4.60. The molecule has 0 saturated heterocycles. The third-order valence-corrected chi connectivity index (χ3v) is 6.48. The maximum atomic E-state index is 12.8. The van der Waals surface area contributed by atoms with Crippen molar-refractivity contribution in [3.05, 3.63) is 71.6 Å². The van der Waals surface area contributed by atoms with E-state index in [4.69, 9.17) is 19.2 Å². The molecule has 1 fully saturated rings. The monoisotopic (exact) mass is 428 g/mol. The second kappa shape index (κ2) is 7.51. The van der Waals surface area contributed by atoms with Crippen LogP contribution >= 0.6 is 0 Å². The van der Waals surface area contributed by atoms with Crippen molar-refractivity contribution in [2.75, 3.05) is 13.7 Å². The lowest BCUT2D eigenvalue weighted by atomic mass is 10.1. The molecule has 1 saturated carbocycles. The van der Waals surface area contributed by atoms with Crippen molar-refractivity contribution < 1.29 is 13.9 Å². The minimum absolute atomic E-state index is 0.0525. The second-order valence-corrected chi connectivity index (χ2v) is 8.58. The predicted octanol–water partition coefficient (Wildman–Crippen LogP) is 3.70. The Morgan fingerprint density at radius 1 is 1.09 bits per heavy atom. The van der Waals surface area contributed by atoms with Crippen LogP contribution in [0.5, 0.6) is 5.75 Å². The number of hydrogen-bond acceptors (Lipinski definition) is 6. The number of carbonyl (C=O) groups is 1. The maximum Gasteiger partial charge on any atom is 0.246 e. The van der Waals surface area contributed by atoms with Gasteiger partial charge in [-0.2, -0.15) is 5.10 Å². The van der Waals surface area contributed by atoms with Crippen molar-refractivity contribution in [3.63, 3.8) is 0 Å². The van der Waals surface area contributed by atoms with Gasteiger partial charge in [0.1, 0.15) is 17.3 Å². The van der Waals surface area contributed by atoms with Gasteiger partial charge >= 0.3 is 0 Å². The van der Waals surface area contributed by atoms with Gasteiger partial charge in [-0.25, -0.2) is 9.99 Å². The third kappa shape index (κ3) is 3.34. The lowest BCUT2D eigenvalue weighted by Crippen LogP contribution is -2.43. The standard InChI is InChI=1S/C25H24N4O3/c1-31-18-9-7-16(8-10-18)14-29-25(30)20-13-19(20)23(27-29)28-12-11-21-22(15-28)32-24(26-21)17-5-3-2-4-6-17/h2-10,19-20H,11-15H2,1H3. The molecule has 32 heavy (non-hydrogen) atoms. The minimum Gasteiger partial charge on any atom is -0.497 e. The Balaban J connectivity index is 1.23. The van der Waals surface area contributed by atoms with Gasteiger partial charge in [-0.1, -0.05) is 30.3 Å². The summed E-state index contributed by atoms with van der Waals surface area (Å²) in [6, 6.07) is 17.8. The summed E-state index contributed by atoms with van der Waals surface area (Å²) in [7, 11) is 1.65. The Morgan fingerprint density at radius 2 is 1.91 bits per heavy atom. The van der Waals surface area contributed by atoms with E-state index in [9.17, 15) is 4.79 Å². The third-order valence-electron chi connectivity index (χ3n) is 6.48. The van der Waals surface area contributed by atoms with E-state index in [1.165, 1.54) is 0 Å². The van der Waals surface area contributed by atoms with Crippen LogP contribution in [0.2, 0.25) is 0 Å². The first kappa shape index (κ1) is 19.1. The molecule has 0 spiro atoms. The molecule has 162 valence electrons. The number of oxazole rings is 1. The first-order valence-electron chi connectivity index (χ1n) is 11.0. The van der Waals surface area contributed by atoms with E-state index >= 15 is 0 Å². The topological polar surface area (TPSA) is 71.2 Å². The minimum atomic E-state index is 0.0525. The molecule has 3 heterocycles. The summed E-state index contributed by atoms with van der Waals surface area (Å²) in [4.78, 5) is 19.8. The van der Waals surface area contributed by atoms with Crippen molar-refractivity contribution in [1.82, 2.24) is 14.9 Å². The summed E-state index contributed by atoms with van der Waals surface area (Å²) in [5.41, 5.74) is 3.04. The van der Waals surface area contributed by atoms with Gasteiger partial charge in [-0.3, -0.25) is 4.79 Å². The fraction of sp³-hybridized carbons (Fsp3) is 0.320. The Labute approximate surface area is 186 Å².